The molecule has 0 spiro atoms. The van der Waals surface area contributed by atoms with Crippen molar-refractivity contribution in [2.75, 3.05) is 0 Å². The monoisotopic (exact) mass is 302 g/mol. The summed E-state index contributed by atoms with van der Waals surface area (Å²) in [6, 6.07) is 0. The molecule has 0 radical (unpaired) electrons. The topological polar surface area (TPSA) is 40.5 Å². The summed E-state index contributed by atoms with van der Waals surface area (Å²) in [5.74, 6) is 3.22. The van der Waals surface area contributed by atoms with Gasteiger partial charge < -0.3 is 10.2 Å². The van der Waals surface area contributed by atoms with Gasteiger partial charge in [0.2, 0.25) is 0 Å². The van der Waals surface area contributed by atoms with Gasteiger partial charge in [-0.05, 0) is 78.3 Å². The van der Waals surface area contributed by atoms with E-state index >= 15 is 0 Å². The van der Waals surface area contributed by atoms with E-state index in [0.717, 1.165) is 25.2 Å². The van der Waals surface area contributed by atoms with Gasteiger partial charge in [-0.15, -0.1) is 0 Å². The van der Waals surface area contributed by atoms with Crippen molar-refractivity contribution in [3.8, 4) is 0 Å². The van der Waals surface area contributed by atoms with Crippen LogP contribution in [0.15, 0.2) is 23.5 Å². The van der Waals surface area contributed by atoms with Crippen LogP contribution < -0.4 is 0 Å². The molecule has 122 valence electrons. The summed E-state index contributed by atoms with van der Waals surface area (Å²) in [6.45, 7) is 7.13. The Bertz CT molecular complexity index is 548. The SMILES string of the molecule is C[C@@H]1C=C2C=C(O)CC[C@]2(C)[C@H]2CC[C@]3(C)C(O)CC[C@H]3[C@H]12. The molecule has 2 N–H and O–H groups in total. The van der Waals surface area contributed by atoms with Crippen LogP contribution in [0.2, 0.25) is 0 Å². The van der Waals surface area contributed by atoms with Crippen LogP contribution in [0.25, 0.3) is 0 Å². The van der Waals surface area contributed by atoms with Gasteiger partial charge in [-0.25, -0.2) is 0 Å². The van der Waals surface area contributed by atoms with E-state index in [4.69, 9.17) is 0 Å². The molecule has 2 saturated carbocycles. The lowest BCUT2D eigenvalue weighted by Crippen LogP contribution is -2.52. The van der Waals surface area contributed by atoms with E-state index in [1.54, 1.807) is 0 Å². The molecule has 0 aromatic rings. The van der Waals surface area contributed by atoms with Crippen molar-refractivity contribution in [2.45, 2.75) is 65.4 Å². The second-order valence-electron chi connectivity index (χ2n) is 8.96. The highest BCUT2D eigenvalue weighted by Crippen LogP contribution is 2.65. The average molecular weight is 302 g/mol. The van der Waals surface area contributed by atoms with Crippen molar-refractivity contribution in [3.05, 3.63) is 23.5 Å². The third-order valence-electron chi connectivity index (χ3n) is 8.03. The van der Waals surface area contributed by atoms with E-state index in [-0.39, 0.29) is 16.9 Å². The summed E-state index contributed by atoms with van der Waals surface area (Å²) in [6.07, 6.45) is 10.9. The minimum atomic E-state index is -0.0980. The predicted molar refractivity (Wildman–Crippen MR) is 88.4 cm³/mol. The molecule has 22 heavy (non-hydrogen) atoms. The van der Waals surface area contributed by atoms with Crippen LogP contribution in [-0.2, 0) is 0 Å². The summed E-state index contributed by atoms with van der Waals surface area (Å²) in [5.41, 5.74) is 1.76. The van der Waals surface area contributed by atoms with Crippen molar-refractivity contribution in [1.82, 2.24) is 0 Å². The number of allylic oxidation sites excluding steroid dienone is 4. The lowest BCUT2D eigenvalue weighted by atomic mass is 9.47. The Morgan fingerprint density at radius 2 is 1.86 bits per heavy atom. The van der Waals surface area contributed by atoms with E-state index in [1.165, 1.54) is 24.8 Å². The fraction of sp³-hybridized carbons (Fsp3) is 0.800. The molecule has 2 nitrogen and oxygen atoms in total. The Kier molecular flexibility index (Phi) is 3.11. The minimum absolute atomic E-state index is 0.0980. The average Bonchev–Trinajstić information content (AvgIpc) is 2.77. The van der Waals surface area contributed by atoms with Gasteiger partial charge in [0, 0.05) is 6.42 Å². The first-order valence-electron chi connectivity index (χ1n) is 9.16. The summed E-state index contributed by atoms with van der Waals surface area (Å²) in [5, 5.41) is 20.5. The van der Waals surface area contributed by atoms with Gasteiger partial charge in [0.15, 0.2) is 0 Å². The molecule has 0 aromatic heterocycles. The number of rotatable bonds is 0. The molecule has 1 unspecified atom stereocenters. The van der Waals surface area contributed by atoms with Crippen molar-refractivity contribution < 1.29 is 10.2 Å². The molecular formula is C20H30O2. The fourth-order valence-electron chi connectivity index (χ4n) is 6.62. The molecule has 0 bridgehead atoms. The molecule has 0 heterocycles. The van der Waals surface area contributed by atoms with Gasteiger partial charge >= 0.3 is 0 Å². The standard InChI is InChI=1S/C20H30O2/c1-12-10-13-11-14(21)6-8-19(13,2)16-7-9-20(3)15(18(12)16)4-5-17(20)22/h10-12,15-18,21-22H,4-9H2,1-3H3/t12-,15+,16+,17?,18+,19+,20+/m1/s1. The first-order chi connectivity index (χ1) is 10.4. The van der Waals surface area contributed by atoms with Crippen LogP contribution in [0, 0.1) is 34.5 Å². The second-order valence-corrected chi connectivity index (χ2v) is 8.96. The quantitative estimate of drug-likeness (QED) is 0.686. The van der Waals surface area contributed by atoms with E-state index < -0.39 is 0 Å². The van der Waals surface area contributed by atoms with Gasteiger partial charge in [-0.2, -0.15) is 0 Å². The van der Waals surface area contributed by atoms with Gasteiger partial charge in [-0.3, -0.25) is 0 Å². The molecular weight excluding hydrogens is 272 g/mol. The van der Waals surface area contributed by atoms with Crippen LogP contribution in [0.1, 0.15) is 59.3 Å². The van der Waals surface area contributed by atoms with Crippen molar-refractivity contribution >= 4 is 0 Å². The smallest absolute Gasteiger partial charge is 0.0925 e. The van der Waals surface area contributed by atoms with Gasteiger partial charge in [0.25, 0.3) is 0 Å². The Morgan fingerprint density at radius 1 is 1.09 bits per heavy atom. The van der Waals surface area contributed by atoms with E-state index in [1.807, 2.05) is 6.08 Å². The van der Waals surface area contributed by atoms with Crippen LogP contribution in [0.4, 0.5) is 0 Å². The Balaban J connectivity index is 1.77. The first kappa shape index (κ1) is 14.8. The van der Waals surface area contributed by atoms with Gasteiger partial charge in [0.1, 0.15) is 0 Å². The van der Waals surface area contributed by atoms with Crippen LogP contribution in [0.3, 0.4) is 0 Å². The number of hydrogen-bond donors (Lipinski definition) is 2. The lowest BCUT2D eigenvalue weighted by Gasteiger charge is -2.58. The third kappa shape index (κ3) is 1.76. The maximum atomic E-state index is 10.5. The molecule has 4 rings (SSSR count). The number of hydrogen-bond acceptors (Lipinski definition) is 2. The van der Waals surface area contributed by atoms with Crippen LogP contribution >= 0.6 is 0 Å². The molecule has 0 saturated heterocycles. The van der Waals surface area contributed by atoms with Gasteiger partial charge in [0.05, 0.1) is 11.9 Å². The summed E-state index contributed by atoms with van der Waals surface area (Å²) < 4.78 is 0. The molecule has 0 amide bonds. The molecule has 2 heteroatoms. The van der Waals surface area contributed by atoms with E-state index in [9.17, 15) is 10.2 Å². The highest BCUT2D eigenvalue weighted by Gasteiger charge is 2.59. The van der Waals surface area contributed by atoms with Crippen LogP contribution in [0.5, 0.6) is 0 Å². The molecule has 2 fully saturated rings. The molecule has 7 atom stereocenters. The highest BCUT2D eigenvalue weighted by atomic mass is 16.3. The zero-order valence-corrected chi connectivity index (χ0v) is 14.2. The molecule has 4 aliphatic carbocycles. The zero-order valence-electron chi connectivity index (χ0n) is 14.2. The minimum Gasteiger partial charge on any atom is -0.512 e. The van der Waals surface area contributed by atoms with Crippen molar-refractivity contribution in [1.29, 1.82) is 0 Å². The summed E-state index contributed by atoms with van der Waals surface area (Å²) in [4.78, 5) is 0. The first-order valence-corrected chi connectivity index (χ1v) is 9.16. The maximum Gasteiger partial charge on any atom is 0.0925 e. The normalized spacial score (nSPS) is 53.9. The number of fused-ring (bicyclic) bond motifs is 5. The van der Waals surface area contributed by atoms with Crippen molar-refractivity contribution in [3.63, 3.8) is 0 Å². The maximum absolute atomic E-state index is 10.5. The number of aliphatic hydroxyl groups is 2. The Morgan fingerprint density at radius 3 is 2.64 bits per heavy atom. The Labute approximate surface area is 134 Å². The molecule has 0 aromatic carbocycles. The highest BCUT2D eigenvalue weighted by molar-refractivity contribution is 5.36. The summed E-state index contributed by atoms with van der Waals surface area (Å²) in [7, 11) is 0. The second kappa shape index (κ2) is 4.63. The predicted octanol–water partition coefficient (Wildman–Crippen LogP) is 4.61. The summed E-state index contributed by atoms with van der Waals surface area (Å²) >= 11 is 0. The van der Waals surface area contributed by atoms with Crippen LogP contribution in [-0.4, -0.2) is 16.3 Å². The molecule has 0 aliphatic heterocycles. The third-order valence-corrected chi connectivity index (χ3v) is 8.03. The van der Waals surface area contributed by atoms with Crippen molar-refractivity contribution in [2.24, 2.45) is 34.5 Å². The largest absolute Gasteiger partial charge is 0.512 e. The molecule has 4 aliphatic rings. The Hall–Kier alpha value is -0.760. The van der Waals surface area contributed by atoms with Gasteiger partial charge in [-0.1, -0.05) is 26.8 Å². The lowest BCUT2D eigenvalue weighted by molar-refractivity contribution is -0.0769. The van der Waals surface area contributed by atoms with E-state index in [0.29, 0.717) is 23.5 Å². The zero-order chi connectivity index (χ0) is 15.7. The van der Waals surface area contributed by atoms with E-state index in [2.05, 4.69) is 26.8 Å². The number of aliphatic hydroxyl groups excluding tert-OH is 2. The fourth-order valence-corrected chi connectivity index (χ4v) is 6.62.